The summed E-state index contributed by atoms with van der Waals surface area (Å²) in [6.07, 6.45) is 19.4. The second kappa shape index (κ2) is 14.4. The third-order valence-electron chi connectivity index (χ3n) is 13.2. The summed E-state index contributed by atoms with van der Waals surface area (Å²) in [5.74, 6) is 2.28. The molecule has 1 atom stereocenters. The Balaban J connectivity index is 0.897. The molecule has 0 aliphatic heterocycles. The summed E-state index contributed by atoms with van der Waals surface area (Å²) in [7, 11) is 0. The first kappa shape index (κ1) is 35.9. The summed E-state index contributed by atoms with van der Waals surface area (Å²) < 4.78 is 3.90. The summed E-state index contributed by atoms with van der Waals surface area (Å²) in [5, 5.41) is 6.65. The molecule has 0 N–H and O–H groups in total. The van der Waals surface area contributed by atoms with Gasteiger partial charge in [-0.1, -0.05) is 140 Å². The molecule has 0 saturated heterocycles. The second-order valence-electron chi connectivity index (χ2n) is 16.8. The molecule has 10 aromatic rings. The van der Waals surface area contributed by atoms with E-state index in [1.54, 1.807) is 11.1 Å². The number of aromatic nitrogens is 3. The van der Waals surface area contributed by atoms with E-state index in [1.165, 1.54) is 84.9 Å². The fourth-order valence-corrected chi connectivity index (χ4v) is 12.7. The molecule has 0 saturated carbocycles. The van der Waals surface area contributed by atoms with E-state index in [4.69, 9.17) is 15.0 Å². The van der Waals surface area contributed by atoms with Crippen LogP contribution in [0.4, 0.5) is 0 Å². The summed E-state index contributed by atoms with van der Waals surface area (Å²) >= 11 is 3.74. The largest absolute Gasteiger partial charge is 0.212 e. The first-order chi connectivity index (χ1) is 30.7. The van der Waals surface area contributed by atoms with Gasteiger partial charge in [-0.25, -0.2) is 15.0 Å². The Hall–Kier alpha value is -6.79. The number of rotatable bonds is 5. The molecule has 5 heteroatoms. The fourth-order valence-electron chi connectivity index (χ4n) is 10.2. The lowest BCUT2D eigenvalue weighted by Gasteiger charge is -2.24. The Bertz CT molecular complexity index is 3550. The Kier molecular flexibility index (Phi) is 8.35. The SMILES string of the molecule is C1=Cc2c(c3c(c4cc(-c5ccc6sc7cccc(-c8ccc(-c9nc(-c%10ccccc%10)nc(C%10CC=Cc%11c%10sc%10ccccc%11%10)n9)cc8)c7c6c5)ccc24)C=CCC3)CC1. The van der Waals surface area contributed by atoms with Gasteiger partial charge < -0.3 is 0 Å². The van der Waals surface area contributed by atoms with Crippen molar-refractivity contribution in [2.45, 2.75) is 38.0 Å². The van der Waals surface area contributed by atoms with Crippen molar-refractivity contribution in [2.75, 3.05) is 0 Å². The highest BCUT2D eigenvalue weighted by atomic mass is 32.1. The summed E-state index contributed by atoms with van der Waals surface area (Å²) in [4.78, 5) is 16.9. The standard InChI is InChI=1S/C57H39N3S2/c1-2-12-35(13-3-1)55-58-56(60-57(59-55)47-21-10-20-46-45-18-8-9-22-50(45)62-54(46)47)36-26-24-34(25-27-36)39-19-11-23-52-53(39)49-33-38(29-31-51(49)61-52)37-28-30-44-42-16-5-4-14-40(42)41-15-6-7-17-43(41)48(44)32-37/h1-3,5,7-13,16-20,22-33,47H,4,6,14-15,21H2. The van der Waals surface area contributed by atoms with E-state index in [1.807, 2.05) is 40.9 Å². The monoisotopic (exact) mass is 829 g/mol. The van der Waals surface area contributed by atoms with Crippen molar-refractivity contribution in [3.63, 3.8) is 0 Å². The van der Waals surface area contributed by atoms with E-state index >= 15 is 0 Å². The van der Waals surface area contributed by atoms with Crippen LogP contribution in [0.3, 0.4) is 0 Å². The van der Waals surface area contributed by atoms with Gasteiger partial charge in [0.25, 0.3) is 0 Å². The van der Waals surface area contributed by atoms with Crippen LogP contribution in [-0.4, -0.2) is 15.0 Å². The Morgan fingerprint density at radius 2 is 1.06 bits per heavy atom. The maximum Gasteiger partial charge on any atom is 0.163 e. The average Bonchev–Trinajstić information content (AvgIpc) is 3.93. The fraction of sp³-hybridized carbons (Fsp3) is 0.105. The first-order valence-electron chi connectivity index (χ1n) is 21.7. The van der Waals surface area contributed by atoms with Crippen molar-refractivity contribution in [1.29, 1.82) is 0 Å². The van der Waals surface area contributed by atoms with E-state index in [0.29, 0.717) is 11.6 Å². The van der Waals surface area contributed by atoms with Gasteiger partial charge in [-0.2, -0.15) is 0 Å². The normalized spacial score (nSPS) is 15.4. The van der Waals surface area contributed by atoms with Crippen LogP contribution in [0.15, 0.2) is 152 Å². The predicted molar refractivity (Wildman–Crippen MR) is 264 cm³/mol. The topological polar surface area (TPSA) is 38.7 Å². The van der Waals surface area contributed by atoms with Crippen molar-refractivity contribution in [2.24, 2.45) is 0 Å². The minimum Gasteiger partial charge on any atom is -0.212 e. The summed E-state index contributed by atoms with van der Waals surface area (Å²) in [5.41, 5.74) is 14.2. The van der Waals surface area contributed by atoms with Crippen molar-refractivity contribution in [3.05, 3.63) is 190 Å². The van der Waals surface area contributed by atoms with E-state index in [0.717, 1.165) is 49.1 Å². The van der Waals surface area contributed by atoms with Crippen LogP contribution < -0.4 is 0 Å². The average molecular weight is 830 g/mol. The molecule has 294 valence electrons. The third-order valence-corrected chi connectivity index (χ3v) is 15.7. The van der Waals surface area contributed by atoms with E-state index in [9.17, 15) is 0 Å². The quantitative estimate of drug-likeness (QED) is 0.173. The molecule has 62 heavy (non-hydrogen) atoms. The minimum atomic E-state index is 0.0597. The molecule has 7 aromatic carbocycles. The molecule has 0 fully saturated rings. The lowest BCUT2D eigenvalue weighted by Crippen LogP contribution is -2.10. The number of nitrogens with zero attached hydrogens (tertiary/aromatic N) is 3. The number of hydrogen-bond donors (Lipinski definition) is 0. The molecule has 0 radical (unpaired) electrons. The molecule has 13 rings (SSSR count). The van der Waals surface area contributed by atoms with Gasteiger partial charge in [-0.05, 0) is 129 Å². The van der Waals surface area contributed by atoms with Crippen molar-refractivity contribution in [3.8, 4) is 45.0 Å². The molecule has 0 spiro atoms. The number of allylic oxidation sites excluding steroid dienone is 3. The minimum absolute atomic E-state index is 0.0597. The number of benzene rings is 7. The van der Waals surface area contributed by atoms with Gasteiger partial charge in [0.15, 0.2) is 11.6 Å². The van der Waals surface area contributed by atoms with Crippen molar-refractivity contribution >= 4 is 81.9 Å². The molecule has 0 bridgehead atoms. The maximum absolute atomic E-state index is 5.25. The lowest BCUT2D eigenvalue weighted by molar-refractivity contribution is 0.754. The molecule has 3 aromatic heterocycles. The van der Waals surface area contributed by atoms with Crippen LogP contribution >= 0.6 is 22.7 Å². The van der Waals surface area contributed by atoms with Crippen molar-refractivity contribution in [1.82, 2.24) is 15.0 Å². The zero-order valence-corrected chi connectivity index (χ0v) is 35.6. The molecular weight excluding hydrogens is 791 g/mol. The smallest absolute Gasteiger partial charge is 0.163 e. The summed E-state index contributed by atoms with van der Waals surface area (Å²) in [6, 6.07) is 48.8. The molecule has 3 heterocycles. The molecular formula is C57H39N3S2. The van der Waals surface area contributed by atoms with Gasteiger partial charge in [0.1, 0.15) is 5.82 Å². The maximum atomic E-state index is 5.25. The molecule has 1 unspecified atom stereocenters. The van der Waals surface area contributed by atoms with Crippen LogP contribution in [0.25, 0.3) is 104 Å². The molecule has 3 nitrogen and oxygen atoms in total. The van der Waals surface area contributed by atoms with Crippen LogP contribution in [0.2, 0.25) is 0 Å². The molecule has 3 aliphatic rings. The van der Waals surface area contributed by atoms with E-state index in [-0.39, 0.29) is 5.92 Å². The molecule has 0 amide bonds. The highest BCUT2D eigenvalue weighted by Crippen LogP contribution is 2.46. The van der Waals surface area contributed by atoms with Gasteiger partial charge in [-0.3, -0.25) is 0 Å². The highest BCUT2D eigenvalue weighted by molar-refractivity contribution is 7.26. The Labute approximate surface area is 368 Å². The number of hydrogen-bond acceptors (Lipinski definition) is 5. The summed E-state index contributed by atoms with van der Waals surface area (Å²) in [6.45, 7) is 0. The van der Waals surface area contributed by atoms with Crippen LogP contribution in [-0.2, 0) is 12.8 Å². The number of fused-ring (bicyclic) bond motifs is 12. The van der Waals surface area contributed by atoms with Crippen LogP contribution in [0.1, 0.15) is 63.7 Å². The van der Waals surface area contributed by atoms with Crippen molar-refractivity contribution < 1.29 is 0 Å². The Morgan fingerprint density at radius 1 is 0.435 bits per heavy atom. The Morgan fingerprint density at radius 3 is 1.87 bits per heavy atom. The zero-order chi connectivity index (χ0) is 40.7. The molecule has 3 aliphatic carbocycles. The van der Waals surface area contributed by atoms with Gasteiger partial charge >= 0.3 is 0 Å². The predicted octanol–water partition coefficient (Wildman–Crippen LogP) is 15.7. The third kappa shape index (κ3) is 5.79. The van der Waals surface area contributed by atoms with Gasteiger partial charge in [-0.15, -0.1) is 22.7 Å². The highest BCUT2D eigenvalue weighted by Gasteiger charge is 2.27. The lowest BCUT2D eigenvalue weighted by atomic mass is 9.80. The second-order valence-corrected chi connectivity index (χ2v) is 18.9. The first-order valence-corrected chi connectivity index (χ1v) is 23.4. The van der Waals surface area contributed by atoms with Crippen LogP contribution in [0.5, 0.6) is 0 Å². The zero-order valence-electron chi connectivity index (χ0n) is 33.9. The number of thiophene rings is 2. The van der Waals surface area contributed by atoms with Gasteiger partial charge in [0, 0.05) is 40.9 Å². The van der Waals surface area contributed by atoms with Crippen LogP contribution in [0, 0.1) is 0 Å². The van der Waals surface area contributed by atoms with Gasteiger partial charge in [0.05, 0.1) is 5.92 Å². The van der Waals surface area contributed by atoms with E-state index < -0.39 is 0 Å². The van der Waals surface area contributed by atoms with Gasteiger partial charge in [0.2, 0.25) is 0 Å². The van der Waals surface area contributed by atoms with E-state index in [2.05, 4.69) is 152 Å².